The minimum atomic E-state index is -0.836. The number of anilines is 2. The van der Waals surface area contributed by atoms with E-state index in [1.807, 2.05) is 19.9 Å². The lowest BCUT2D eigenvalue weighted by Gasteiger charge is -2.18. The van der Waals surface area contributed by atoms with Gasteiger partial charge in [-0.25, -0.2) is 4.79 Å². The molecule has 2 rings (SSSR count). The molecule has 0 spiro atoms. The predicted octanol–water partition coefficient (Wildman–Crippen LogP) is 3.49. The van der Waals surface area contributed by atoms with Gasteiger partial charge in [0, 0.05) is 6.04 Å². The van der Waals surface area contributed by atoms with Crippen LogP contribution in [0.4, 0.5) is 16.2 Å². The molecule has 0 aliphatic rings. The van der Waals surface area contributed by atoms with Gasteiger partial charge in [0.1, 0.15) is 11.8 Å². The van der Waals surface area contributed by atoms with Crippen LogP contribution in [0.2, 0.25) is 0 Å². The average Bonchev–Trinajstić information content (AvgIpc) is 2.63. The lowest BCUT2D eigenvalue weighted by Crippen LogP contribution is -2.35. The molecular formula is C20H22N4O3. The summed E-state index contributed by atoms with van der Waals surface area (Å²) in [6.45, 7) is 5.29. The quantitative estimate of drug-likeness (QED) is 0.728. The van der Waals surface area contributed by atoms with Crippen LogP contribution in [0.3, 0.4) is 0 Å². The molecular weight excluding hydrogens is 344 g/mol. The van der Waals surface area contributed by atoms with E-state index in [1.54, 1.807) is 55.5 Å². The molecule has 140 valence electrons. The maximum Gasteiger partial charge on any atom is 0.319 e. The van der Waals surface area contributed by atoms with Gasteiger partial charge >= 0.3 is 6.03 Å². The third-order valence-corrected chi connectivity index (χ3v) is 3.53. The fourth-order valence-electron chi connectivity index (χ4n) is 2.26. The molecule has 0 fully saturated rings. The highest BCUT2D eigenvalue weighted by Crippen LogP contribution is 2.22. The maximum atomic E-state index is 12.5. The number of benzene rings is 2. The first-order chi connectivity index (χ1) is 12.9. The lowest BCUT2D eigenvalue weighted by atomic mass is 10.2. The molecule has 2 aromatic carbocycles. The molecule has 0 saturated heterocycles. The van der Waals surface area contributed by atoms with Crippen LogP contribution < -0.4 is 20.7 Å². The largest absolute Gasteiger partial charge is 0.480 e. The number of carbonyl (C=O) groups excluding carboxylic acids is 2. The summed E-state index contributed by atoms with van der Waals surface area (Å²) in [5.74, 6) is -0.0633. The zero-order chi connectivity index (χ0) is 19.8. The Morgan fingerprint density at radius 2 is 1.56 bits per heavy atom. The summed E-state index contributed by atoms with van der Waals surface area (Å²) < 4.78 is 5.61. The predicted molar refractivity (Wildman–Crippen MR) is 104 cm³/mol. The summed E-state index contributed by atoms with van der Waals surface area (Å²) in [6.07, 6.45) is -0.836. The Bertz CT molecular complexity index is 858. The van der Waals surface area contributed by atoms with Crippen molar-refractivity contribution in [1.82, 2.24) is 5.32 Å². The van der Waals surface area contributed by atoms with Gasteiger partial charge in [-0.15, -0.1) is 0 Å². The number of hydrogen-bond donors (Lipinski definition) is 3. The number of nitrogens with zero attached hydrogens (tertiary/aromatic N) is 1. The van der Waals surface area contributed by atoms with E-state index in [0.717, 1.165) is 0 Å². The first kappa shape index (κ1) is 19.8. The van der Waals surface area contributed by atoms with E-state index in [0.29, 0.717) is 22.7 Å². The number of amides is 3. The Morgan fingerprint density at radius 3 is 2.19 bits per heavy atom. The second-order valence-corrected chi connectivity index (χ2v) is 6.16. The smallest absolute Gasteiger partial charge is 0.319 e. The number of carbonyl (C=O) groups is 2. The average molecular weight is 366 g/mol. The summed E-state index contributed by atoms with van der Waals surface area (Å²) in [5.41, 5.74) is 1.27. The monoisotopic (exact) mass is 366 g/mol. The third kappa shape index (κ3) is 5.75. The zero-order valence-electron chi connectivity index (χ0n) is 15.4. The van der Waals surface area contributed by atoms with Crippen LogP contribution in [0.1, 0.15) is 26.3 Å². The summed E-state index contributed by atoms with van der Waals surface area (Å²) >= 11 is 0. The van der Waals surface area contributed by atoms with Crippen LogP contribution in [-0.4, -0.2) is 24.1 Å². The van der Waals surface area contributed by atoms with Gasteiger partial charge in [-0.05, 0) is 45.0 Å². The molecule has 0 aliphatic heterocycles. The van der Waals surface area contributed by atoms with Crippen LogP contribution in [-0.2, 0) is 4.79 Å². The van der Waals surface area contributed by atoms with Crippen LogP contribution in [0.15, 0.2) is 48.5 Å². The van der Waals surface area contributed by atoms with E-state index in [-0.39, 0.29) is 12.1 Å². The first-order valence-corrected chi connectivity index (χ1v) is 8.54. The molecule has 7 nitrogen and oxygen atoms in total. The normalized spacial score (nSPS) is 11.2. The summed E-state index contributed by atoms with van der Waals surface area (Å²) in [4.78, 5) is 24.4. The van der Waals surface area contributed by atoms with Gasteiger partial charge in [0.05, 0.1) is 16.9 Å². The van der Waals surface area contributed by atoms with Crippen molar-refractivity contribution < 1.29 is 14.3 Å². The molecule has 0 radical (unpaired) electrons. The molecule has 0 aromatic heterocycles. The van der Waals surface area contributed by atoms with E-state index < -0.39 is 12.0 Å². The molecule has 27 heavy (non-hydrogen) atoms. The van der Waals surface area contributed by atoms with Crippen LogP contribution in [0.25, 0.3) is 0 Å². The van der Waals surface area contributed by atoms with Gasteiger partial charge in [-0.1, -0.05) is 24.3 Å². The van der Waals surface area contributed by atoms with Gasteiger partial charge in [0.15, 0.2) is 6.10 Å². The second-order valence-electron chi connectivity index (χ2n) is 6.16. The number of hydrogen-bond acceptors (Lipinski definition) is 4. The molecule has 2 aromatic rings. The molecule has 0 heterocycles. The highest BCUT2D eigenvalue weighted by atomic mass is 16.5. The molecule has 0 saturated carbocycles. The highest BCUT2D eigenvalue weighted by Gasteiger charge is 2.18. The van der Waals surface area contributed by atoms with Gasteiger partial charge in [-0.2, -0.15) is 5.26 Å². The summed E-state index contributed by atoms with van der Waals surface area (Å²) in [7, 11) is 0. The van der Waals surface area contributed by atoms with Crippen molar-refractivity contribution in [3.05, 3.63) is 54.1 Å². The van der Waals surface area contributed by atoms with Crippen LogP contribution in [0, 0.1) is 11.3 Å². The van der Waals surface area contributed by atoms with Crippen molar-refractivity contribution in [2.75, 3.05) is 10.6 Å². The Balaban J connectivity index is 2.07. The number of ether oxygens (including phenoxy) is 1. The minimum absolute atomic E-state index is 0.0135. The third-order valence-electron chi connectivity index (χ3n) is 3.53. The molecule has 1 atom stereocenters. The van der Waals surface area contributed by atoms with Crippen molar-refractivity contribution in [2.24, 2.45) is 0 Å². The highest BCUT2D eigenvalue weighted by molar-refractivity contribution is 6.00. The standard InChI is InChI=1S/C20H22N4O3/c1-13(2)22-20(26)24-17-10-6-5-9-16(17)23-19(25)14(3)27-18-11-7-4-8-15(18)12-21/h4-11,13-14H,1-3H3,(H,23,25)(H2,22,24,26). The Morgan fingerprint density at radius 1 is 0.963 bits per heavy atom. The van der Waals surface area contributed by atoms with Gasteiger partial charge in [0.2, 0.25) is 0 Å². The molecule has 0 bridgehead atoms. The topological polar surface area (TPSA) is 103 Å². The SMILES string of the molecule is CC(C)NC(=O)Nc1ccccc1NC(=O)C(C)Oc1ccccc1C#N. The number of nitriles is 1. The zero-order valence-corrected chi connectivity index (χ0v) is 15.4. The fourth-order valence-corrected chi connectivity index (χ4v) is 2.26. The molecule has 3 N–H and O–H groups in total. The van der Waals surface area contributed by atoms with Gasteiger partial charge in [-0.3, -0.25) is 4.79 Å². The van der Waals surface area contributed by atoms with Gasteiger partial charge < -0.3 is 20.7 Å². The van der Waals surface area contributed by atoms with Crippen molar-refractivity contribution in [3.8, 4) is 11.8 Å². The maximum absolute atomic E-state index is 12.5. The van der Waals surface area contributed by atoms with E-state index in [9.17, 15) is 9.59 Å². The van der Waals surface area contributed by atoms with Gasteiger partial charge in [0.25, 0.3) is 5.91 Å². The van der Waals surface area contributed by atoms with E-state index in [2.05, 4.69) is 16.0 Å². The molecule has 0 aliphatic carbocycles. The Hall–Kier alpha value is -3.53. The van der Waals surface area contributed by atoms with Crippen molar-refractivity contribution in [3.63, 3.8) is 0 Å². The lowest BCUT2D eigenvalue weighted by molar-refractivity contribution is -0.122. The second kappa shape index (κ2) is 9.25. The Kier molecular flexibility index (Phi) is 6.78. The molecule has 1 unspecified atom stereocenters. The number of urea groups is 1. The number of para-hydroxylation sites is 3. The van der Waals surface area contributed by atoms with Crippen molar-refractivity contribution in [1.29, 1.82) is 5.26 Å². The van der Waals surface area contributed by atoms with Crippen LogP contribution in [0.5, 0.6) is 5.75 Å². The Labute approximate surface area is 158 Å². The first-order valence-electron chi connectivity index (χ1n) is 8.54. The molecule has 3 amide bonds. The summed E-state index contributed by atoms with van der Waals surface area (Å²) in [5, 5.41) is 17.3. The number of nitrogens with one attached hydrogen (secondary N) is 3. The molecule has 7 heteroatoms. The minimum Gasteiger partial charge on any atom is -0.480 e. The van der Waals surface area contributed by atoms with Crippen molar-refractivity contribution in [2.45, 2.75) is 32.9 Å². The summed E-state index contributed by atoms with van der Waals surface area (Å²) in [6, 6.07) is 15.2. The number of rotatable bonds is 6. The fraction of sp³-hybridized carbons (Fsp3) is 0.250. The van der Waals surface area contributed by atoms with Crippen LogP contribution >= 0.6 is 0 Å². The van der Waals surface area contributed by atoms with E-state index >= 15 is 0 Å². The van der Waals surface area contributed by atoms with Crippen molar-refractivity contribution >= 4 is 23.3 Å². The van der Waals surface area contributed by atoms with E-state index in [4.69, 9.17) is 10.00 Å². The van der Waals surface area contributed by atoms with E-state index in [1.165, 1.54) is 0 Å².